The number of nitrogens with zero attached hydrogens (tertiary/aromatic N) is 3. The van der Waals surface area contributed by atoms with Gasteiger partial charge in [0.15, 0.2) is 0 Å². The van der Waals surface area contributed by atoms with Gasteiger partial charge in [-0.2, -0.15) is 0 Å². The fraction of sp³-hybridized carbons (Fsp3) is 0.435. The van der Waals surface area contributed by atoms with Crippen LogP contribution < -0.4 is 4.74 Å². The number of fused-ring (bicyclic) bond motifs is 1. The molecule has 4 rings (SSSR count). The Hall–Kier alpha value is -2.37. The number of ether oxygens (including phenoxy) is 1. The van der Waals surface area contributed by atoms with Crippen LogP contribution in [0.3, 0.4) is 0 Å². The van der Waals surface area contributed by atoms with E-state index in [2.05, 4.69) is 72.1 Å². The summed E-state index contributed by atoms with van der Waals surface area (Å²) in [6.07, 6.45) is 1.06. The van der Waals surface area contributed by atoms with Crippen LogP contribution in [0.2, 0.25) is 0 Å². The second-order valence-electron chi connectivity index (χ2n) is 7.93. The van der Waals surface area contributed by atoms with E-state index in [-0.39, 0.29) is 0 Å². The van der Waals surface area contributed by atoms with Crippen LogP contribution in [0.4, 0.5) is 0 Å². The van der Waals surface area contributed by atoms with Crippen molar-refractivity contribution in [3.63, 3.8) is 0 Å². The van der Waals surface area contributed by atoms with Gasteiger partial charge in [0.2, 0.25) is 0 Å². The highest BCUT2D eigenvalue weighted by atomic mass is 16.5. The van der Waals surface area contributed by atoms with E-state index in [1.165, 1.54) is 31.7 Å². The summed E-state index contributed by atoms with van der Waals surface area (Å²) >= 11 is 0. The molecule has 148 valence electrons. The predicted octanol–water partition coefficient (Wildman–Crippen LogP) is 3.86. The summed E-state index contributed by atoms with van der Waals surface area (Å²) in [6, 6.07) is 12.6. The smallest absolute Gasteiger partial charge is 0.138 e. The zero-order chi connectivity index (χ0) is 19.5. The van der Waals surface area contributed by atoms with E-state index in [0.29, 0.717) is 0 Å². The van der Waals surface area contributed by atoms with Crippen LogP contribution in [0.5, 0.6) is 5.75 Å². The van der Waals surface area contributed by atoms with Crippen molar-refractivity contribution < 1.29 is 4.74 Å². The Kier molecular flexibility index (Phi) is 5.64. The van der Waals surface area contributed by atoms with Gasteiger partial charge in [0, 0.05) is 38.3 Å². The lowest BCUT2D eigenvalue weighted by molar-refractivity contribution is 0.145. The Morgan fingerprint density at radius 2 is 1.86 bits per heavy atom. The number of likely N-dealkylation sites (N-methyl/N-ethyl adjacent to an activating group) is 1. The van der Waals surface area contributed by atoms with Crippen LogP contribution in [-0.4, -0.2) is 66.1 Å². The first-order chi connectivity index (χ1) is 13.6. The molecule has 0 aliphatic carbocycles. The number of aromatic nitrogens is 2. The van der Waals surface area contributed by atoms with Gasteiger partial charge in [-0.15, -0.1) is 0 Å². The van der Waals surface area contributed by atoms with Gasteiger partial charge in [0.1, 0.15) is 11.6 Å². The highest BCUT2D eigenvalue weighted by molar-refractivity contribution is 5.80. The Morgan fingerprint density at radius 1 is 1.04 bits per heavy atom. The van der Waals surface area contributed by atoms with Gasteiger partial charge in [0.25, 0.3) is 0 Å². The number of imidazole rings is 1. The molecule has 3 aromatic rings. The zero-order valence-electron chi connectivity index (χ0n) is 17.2. The normalized spacial score (nSPS) is 16.0. The molecule has 5 nitrogen and oxygen atoms in total. The molecule has 0 spiro atoms. The van der Waals surface area contributed by atoms with Gasteiger partial charge < -0.3 is 19.5 Å². The monoisotopic (exact) mass is 378 g/mol. The molecule has 2 aromatic carbocycles. The lowest BCUT2D eigenvalue weighted by atomic mass is 10.1. The Bertz CT molecular complexity index is 941. The number of piperazine rings is 1. The summed E-state index contributed by atoms with van der Waals surface area (Å²) in [5.41, 5.74) is 5.56. The lowest BCUT2D eigenvalue weighted by Crippen LogP contribution is -2.44. The van der Waals surface area contributed by atoms with E-state index in [1.54, 1.807) is 0 Å². The highest BCUT2D eigenvalue weighted by Gasteiger charge is 2.13. The van der Waals surface area contributed by atoms with Gasteiger partial charge in [-0.05, 0) is 68.8 Å². The predicted molar refractivity (Wildman–Crippen MR) is 115 cm³/mol. The molecule has 1 fully saturated rings. The van der Waals surface area contributed by atoms with Gasteiger partial charge in [0.05, 0.1) is 17.6 Å². The summed E-state index contributed by atoms with van der Waals surface area (Å²) in [5, 5.41) is 0. The number of H-pyrrole nitrogens is 1. The SMILES string of the molecule is Cc1ccc2nc(-c3ccc(OCCCN4CCN(C)CC4)c(C)c3)[nH]c2c1. The van der Waals surface area contributed by atoms with Crippen LogP contribution in [0.1, 0.15) is 17.5 Å². The number of hydrogen-bond donors (Lipinski definition) is 1. The first-order valence-electron chi connectivity index (χ1n) is 10.2. The van der Waals surface area contributed by atoms with E-state index < -0.39 is 0 Å². The third-order valence-corrected chi connectivity index (χ3v) is 5.56. The molecule has 0 bridgehead atoms. The Morgan fingerprint density at radius 3 is 2.64 bits per heavy atom. The second kappa shape index (κ2) is 8.33. The van der Waals surface area contributed by atoms with Gasteiger partial charge in [-0.25, -0.2) is 4.98 Å². The van der Waals surface area contributed by atoms with Crippen LogP contribution in [0.15, 0.2) is 36.4 Å². The minimum absolute atomic E-state index is 0.760. The Labute approximate surface area is 167 Å². The van der Waals surface area contributed by atoms with Crippen molar-refractivity contribution in [2.75, 3.05) is 46.4 Å². The van der Waals surface area contributed by atoms with Crippen molar-refractivity contribution in [1.29, 1.82) is 0 Å². The molecule has 0 radical (unpaired) electrons. The fourth-order valence-electron chi connectivity index (χ4n) is 3.76. The van der Waals surface area contributed by atoms with Crippen LogP contribution >= 0.6 is 0 Å². The third kappa shape index (κ3) is 4.37. The van der Waals surface area contributed by atoms with E-state index >= 15 is 0 Å². The third-order valence-electron chi connectivity index (χ3n) is 5.56. The molecule has 1 aliphatic rings. The van der Waals surface area contributed by atoms with Crippen molar-refractivity contribution in [3.8, 4) is 17.1 Å². The molecular formula is C23H30N4O. The molecule has 1 saturated heterocycles. The zero-order valence-corrected chi connectivity index (χ0v) is 17.2. The summed E-state index contributed by atoms with van der Waals surface area (Å²) in [7, 11) is 2.19. The Balaban J connectivity index is 1.34. The minimum Gasteiger partial charge on any atom is -0.493 e. The molecule has 28 heavy (non-hydrogen) atoms. The second-order valence-corrected chi connectivity index (χ2v) is 7.93. The van der Waals surface area contributed by atoms with Crippen molar-refractivity contribution in [1.82, 2.24) is 19.8 Å². The van der Waals surface area contributed by atoms with Crippen molar-refractivity contribution >= 4 is 11.0 Å². The molecule has 0 amide bonds. The fourth-order valence-corrected chi connectivity index (χ4v) is 3.76. The van der Waals surface area contributed by atoms with E-state index in [9.17, 15) is 0 Å². The standard InChI is InChI=1S/C23H30N4O/c1-17-5-7-20-21(15-17)25-23(24-20)19-6-8-22(18(2)16-19)28-14-4-9-27-12-10-26(3)11-13-27/h5-8,15-16H,4,9-14H2,1-3H3,(H,24,25). The maximum atomic E-state index is 6.05. The van der Waals surface area contributed by atoms with Gasteiger partial charge >= 0.3 is 0 Å². The van der Waals surface area contributed by atoms with Crippen molar-refractivity contribution in [2.45, 2.75) is 20.3 Å². The van der Waals surface area contributed by atoms with E-state index in [4.69, 9.17) is 9.72 Å². The average molecular weight is 379 g/mol. The number of aryl methyl sites for hydroxylation is 2. The summed E-state index contributed by atoms with van der Waals surface area (Å²) in [5.74, 6) is 1.87. The van der Waals surface area contributed by atoms with E-state index in [1.807, 2.05) is 0 Å². The summed E-state index contributed by atoms with van der Waals surface area (Å²) in [4.78, 5) is 13.1. The molecule has 1 N–H and O–H groups in total. The maximum absolute atomic E-state index is 6.05. The number of hydrogen-bond acceptors (Lipinski definition) is 4. The molecule has 1 aliphatic heterocycles. The van der Waals surface area contributed by atoms with Gasteiger partial charge in [-0.1, -0.05) is 6.07 Å². The molecule has 5 heteroatoms. The lowest BCUT2D eigenvalue weighted by Gasteiger charge is -2.32. The topological polar surface area (TPSA) is 44.4 Å². The molecule has 0 unspecified atom stereocenters. The summed E-state index contributed by atoms with van der Waals surface area (Å²) in [6.45, 7) is 10.7. The minimum atomic E-state index is 0.760. The van der Waals surface area contributed by atoms with Crippen molar-refractivity contribution in [3.05, 3.63) is 47.5 Å². The van der Waals surface area contributed by atoms with Crippen molar-refractivity contribution in [2.24, 2.45) is 0 Å². The number of rotatable bonds is 6. The first kappa shape index (κ1) is 19.0. The van der Waals surface area contributed by atoms with E-state index in [0.717, 1.165) is 53.3 Å². The number of aromatic amines is 1. The molecule has 2 heterocycles. The highest BCUT2D eigenvalue weighted by Crippen LogP contribution is 2.26. The molecule has 1 aromatic heterocycles. The van der Waals surface area contributed by atoms with Crippen LogP contribution in [0, 0.1) is 13.8 Å². The maximum Gasteiger partial charge on any atom is 0.138 e. The quantitative estimate of drug-likeness (QED) is 0.662. The summed E-state index contributed by atoms with van der Waals surface area (Å²) < 4.78 is 6.05. The van der Waals surface area contributed by atoms with Crippen LogP contribution in [0.25, 0.3) is 22.4 Å². The number of nitrogens with one attached hydrogen (secondary N) is 1. The van der Waals surface area contributed by atoms with Gasteiger partial charge in [-0.3, -0.25) is 0 Å². The number of benzene rings is 2. The molecular weight excluding hydrogens is 348 g/mol. The van der Waals surface area contributed by atoms with Crippen LogP contribution in [-0.2, 0) is 0 Å². The molecule has 0 atom stereocenters. The first-order valence-corrected chi connectivity index (χ1v) is 10.2. The molecule has 0 saturated carbocycles. The average Bonchev–Trinajstić information content (AvgIpc) is 3.11. The largest absolute Gasteiger partial charge is 0.493 e.